The lowest BCUT2D eigenvalue weighted by Gasteiger charge is -2.03. The quantitative estimate of drug-likeness (QED) is 0.428. The third kappa shape index (κ3) is 4.14. The molecule has 23 heavy (non-hydrogen) atoms. The van der Waals surface area contributed by atoms with Crippen LogP contribution in [0.25, 0.3) is 0 Å². The summed E-state index contributed by atoms with van der Waals surface area (Å²) in [5, 5.41) is 24.4. The van der Waals surface area contributed by atoms with E-state index in [-0.39, 0.29) is 5.56 Å². The summed E-state index contributed by atoms with van der Waals surface area (Å²) in [6.07, 6.45) is 1.13. The lowest BCUT2D eigenvalue weighted by Crippen LogP contribution is -2.18. The van der Waals surface area contributed by atoms with Crippen LogP contribution in [0, 0.1) is 10.1 Å². The minimum atomic E-state index is -0.711. The number of hydrogen-bond donors (Lipinski definition) is 2. The maximum Gasteiger partial charge on any atom is 0.312 e. The second-order valence-electron chi connectivity index (χ2n) is 4.30. The standard InChI is InChI=1S/C14H9Br2N3O4/c15-9-5-8(13(20)12(6-9)19(22)23)7-17-18-14(21)10-3-1-2-4-11(10)16/h1-7,20H,(H,18,21)/b17-7+. The van der Waals surface area contributed by atoms with Gasteiger partial charge in [-0.2, -0.15) is 5.10 Å². The second-order valence-corrected chi connectivity index (χ2v) is 6.07. The molecule has 0 bridgehead atoms. The van der Waals surface area contributed by atoms with Gasteiger partial charge in [0, 0.05) is 20.6 Å². The molecule has 0 saturated heterocycles. The highest BCUT2D eigenvalue weighted by Crippen LogP contribution is 2.32. The summed E-state index contributed by atoms with van der Waals surface area (Å²) in [5.74, 6) is -0.991. The van der Waals surface area contributed by atoms with Gasteiger partial charge in [-0.3, -0.25) is 14.9 Å². The fraction of sp³-hybridized carbons (Fsp3) is 0. The molecule has 0 saturated carbocycles. The van der Waals surface area contributed by atoms with Crippen LogP contribution in [0.3, 0.4) is 0 Å². The van der Waals surface area contributed by atoms with E-state index in [0.29, 0.717) is 14.5 Å². The first-order valence-corrected chi connectivity index (χ1v) is 7.73. The summed E-state index contributed by atoms with van der Waals surface area (Å²) in [6, 6.07) is 9.40. The third-order valence-electron chi connectivity index (χ3n) is 2.77. The SMILES string of the molecule is O=C(N/N=C/c1cc(Br)cc([N+](=O)[O-])c1O)c1ccccc1Br. The number of rotatable bonds is 4. The first-order valence-electron chi connectivity index (χ1n) is 6.15. The van der Waals surface area contributed by atoms with Crippen molar-refractivity contribution in [1.82, 2.24) is 5.43 Å². The monoisotopic (exact) mass is 441 g/mol. The predicted molar refractivity (Wildman–Crippen MR) is 91.7 cm³/mol. The highest BCUT2D eigenvalue weighted by Gasteiger charge is 2.17. The number of phenols is 1. The van der Waals surface area contributed by atoms with E-state index in [2.05, 4.69) is 42.4 Å². The molecule has 0 aliphatic carbocycles. The molecule has 2 aromatic carbocycles. The summed E-state index contributed by atoms with van der Waals surface area (Å²) in [5.41, 5.74) is 2.31. The van der Waals surface area contributed by atoms with E-state index in [1.807, 2.05) is 0 Å². The summed E-state index contributed by atoms with van der Waals surface area (Å²) in [4.78, 5) is 22.1. The Hall–Kier alpha value is -2.26. The van der Waals surface area contributed by atoms with Crippen molar-refractivity contribution in [3.05, 3.63) is 66.6 Å². The van der Waals surface area contributed by atoms with Gasteiger partial charge in [0.05, 0.1) is 16.7 Å². The van der Waals surface area contributed by atoms with Gasteiger partial charge in [0.15, 0.2) is 0 Å². The normalized spacial score (nSPS) is 10.7. The van der Waals surface area contributed by atoms with Gasteiger partial charge in [-0.1, -0.05) is 28.1 Å². The number of carbonyl (C=O) groups is 1. The molecule has 7 nitrogen and oxygen atoms in total. The number of aromatic hydroxyl groups is 1. The molecular weight excluding hydrogens is 434 g/mol. The van der Waals surface area contributed by atoms with Crippen molar-refractivity contribution >= 4 is 49.7 Å². The van der Waals surface area contributed by atoms with E-state index >= 15 is 0 Å². The number of hydrazone groups is 1. The van der Waals surface area contributed by atoms with Crippen molar-refractivity contribution in [2.45, 2.75) is 0 Å². The van der Waals surface area contributed by atoms with Gasteiger partial charge in [-0.15, -0.1) is 0 Å². The summed E-state index contributed by atoms with van der Waals surface area (Å²) in [7, 11) is 0. The number of nitrogens with zero attached hydrogens (tertiary/aromatic N) is 2. The summed E-state index contributed by atoms with van der Waals surface area (Å²) >= 11 is 6.36. The smallest absolute Gasteiger partial charge is 0.312 e. The van der Waals surface area contributed by atoms with Crippen molar-refractivity contribution in [2.24, 2.45) is 5.10 Å². The molecule has 118 valence electrons. The Labute approximate surface area is 147 Å². The van der Waals surface area contributed by atoms with Crippen molar-refractivity contribution in [3.63, 3.8) is 0 Å². The molecule has 9 heteroatoms. The molecule has 0 spiro atoms. The number of nitrogens with one attached hydrogen (secondary N) is 1. The van der Waals surface area contributed by atoms with Crippen LogP contribution in [0.5, 0.6) is 5.75 Å². The number of hydrogen-bond acceptors (Lipinski definition) is 5. The van der Waals surface area contributed by atoms with Crippen LogP contribution in [0.4, 0.5) is 5.69 Å². The molecule has 0 aromatic heterocycles. The molecule has 2 aromatic rings. The fourth-order valence-corrected chi connectivity index (χ4v) is 2.64. The predicted octanol–water partition coefficient (Wildman–Crippen LogP) is 3.59. The van der Waals surface area contributed by atoms with E-state index in [0.717, 1.165) is 6.21 Å². The maximum atomic E-state index is 11.9. The molecule has 0 heterocycles. The van der Waals surface area contributed by atoms with E-state index in [9.17, 15) is 20.0 Å². The van der Waals surface area contributed by atoms with Crippen LogP contribution in [-0.4, -0.2) is 22.2 Å². The first kappa shape index (κ1) is 17.1. The van der Waals surface area contributed by atoms with Crippen molar-refractivity contribution in [2.75, 3.05) is 0 Å². The van der Waals surface area contributed by atoms with Gasteiger partial charge in [-0.25, -0.2) is 5.43 Å². The van der Waals surface area contributed by atoms with Crippen LogP contribution in [0.2, 0.25) is 0 Å². The zero-order valence-electron chi connectivity index (χ0n) is 11.4. The van der Waals surface area contributed by atoms with E-state index in [4.69, 9.17) is 0 Å². The van der Waals surface area contributed by atoms with Gasteiger partial charge in [-0.05, 0) is 34.1 Å². The van der Waals surface area contributed by atoms with Crippen molar-refractivity contribution < 1.29 is 14.8 Å². The Kier molecular flexibility index (Phi) is 5.45. The maximum absolute atomic E-state index is 11.9. The molecule has 2 N–H and O–H groups in total. The topological polar surface area (TPSA) is 105 Å². The van der Waals surface area contributed by atoms with E-state index in [1.54, 1.807) is 24.3 Å². The highest BCUT2D eigenvalue weighted by molar-refractivity contribution is 9.10. The number of benzene rings is 2. The van der Waals surface area contributed by atoms with Crippen LogP contribution in [-0.2, 0) is 0 Å². The minimum absolute atomic E-state index is 0.0958. The van der Waals surface area contributed by atoms with Gasteiger partial charge >= 0.3 is 5.69 Å². The highest BCUT2D eigenvalue weighted by atomic mass is 79.9. The van der Waals surface area contributed by atoms with Gasteiger partial charge < -0.3 is 5.11 Å². The second kappa shape index (κ2) is 7.34. The molecule has 0 radical (unpaired) electrons. The van der Waals surface area contributed by atoms with E-state index < -0.39 is 22.3 Å². The number of amides is 1. The fourth-order valence-electron chi connectivity index (χ4n) is 1.71. The Morgan fingerprint density at radius 3 is 2.65 bits per heavy atom. The minimum Gasteiger partial charge on any atom is -0.502 e. The molecule has 0 aliphatic heterocycles. The number of halogens is 2. The van der Waals surface area contributed by atoms with Crippen molar-refractivity contribution in [1.29, 1.82) is 0 Å². The van der Waals surface area contributed by atoms with Crippen LogP contribution in [0.1, 0.15) is 15.9 Å². The molecule has 1 amide bonds. The Morgan fingerprint density at radius 2 is 2.00 bits per heavy atom. The van der Waals surface area contributed by atoms with Gasteiger partial charge in [0.25, 0.3) is 5.91 Å². The lowest BCUT2D eigenvalue weighted by atomic mass is 10.2. The van der Waals surface area contributed by atoms with Gasteiger partial charge in [0.2, 0.25) is 5.75 Å². The first-order chi connectivity index (χ1) is 10.9. The molecule has 0 atom stereocenters. The number of carbonyl (C=O) groups excluding carboxylic acids is 1. The zero-order chi connectivity index (χ0) is 17.0. The molecule has 0 aliphatic rings. The molecule has 0 fully saturated rings. The number of phenolic OH excluding ortho intramolecular Hbond substituents is 1. The lowest BCUT2D eigenvalue weighted by molar-refractivity contribution is -0.385. The number of nitro benzene ring substituents is 1. The summed E-state index contributed by atoms with van der Waals surface area (Å²) in [6.45, 7) is 0. The zero-order valence-corrected chi connectivity index (χ0v) is 14.5. The molecule has 0 unspecified atom stereocenters. The van der Waals surface area contributed by atoms with E-state index in [1.165, 1.54) is 12.1 Å². The average molecular weight is 443 g/mol. The van der Waals surface area contributed by atoms with Gasteiger partial charge in [0.1, 0.15) is 0 Å². The number of nitro groups is 1. The summed E-state index contributed by atoms with van der Waals surface area (Å²) < 4.78 is 1.01. The average Bonchev–Trinajstić information content (AvgIpc) is 2.50. The molecule has 2 rings (SSSR count). The molecular formula is C14H9Br2N3O4. The largest absolute Gasteiger partial charge is 0.502 e. The van der Waals surface area contributed by atoms with Crippen LogP contribution in [0.15, 0.2) is 50.4 Å². The van der Waals surface area contributed by atoms with Crippen LogP contribution < -0.4 is 5.43 Å². The van der Waals surface area contributed by atoms with Crippen LogP contribution >= 0.6 is 31.9 Å². The Bertz CT molecular complexity index is 809. The Morgan fingerprint density at radius 1 is 1.30 bits per heavy atom. The third-order valence-corrected chi connectivity index (χ3v) is 3.92. The van der Waals surface area contributed by atoms with Crippen molar-refractivity contribution in [3.8, 4) is 5.75 Å². The Balaban J connectivity index is 2.20.